The predicted molar refractivity (Wildman–Crippen MR) is 107 cm³/mol. The Balaban J connectivity index is 1.78. The topological polar surface area (TPSA) is 60.4 Å². The number of benzene rings is 1. The van der Waals surface area contributed by atoms with Crippen molar-refractivity contribution in [3.05, 3.63) is 41.4 Å². The standard InChI is InChI=1S/C23H28F2N2O2/c1-15-5-6-20(29-15)17-12-18(24)16(11-19(17)28)13-27-10-8-23(7-9-26,21(25)14-27)22(2,3)4/h5-6,11-12,21,28H,7-8,10,13-14H2,1-4H3. The maximum atomic E-state index is 15.3. The number of aryl methyl sites for hydroxylation is 1. The van der Waals surface area contributed by atoms with E-state index in [1.54, 1.807) is 19.1 Å². The Morgan fingerprint density at radius 2 is 2.07 bits per heavy atom. The molecule has 1 saturated heterocycles. The zero-order chi connectivity index (χ0) is 21.4. The van der Waals surface area contributed by atoms with Crippen LogP contribution >= 0.6 is 0 Å². The summed E-state index contributed by atoms with van der Waals surface area (Å²) in [5.41, 5.74) is -0.451. The van der Waals surface area contributed by atoms with Gasteiger partial charge < -0.3 is 9.52 Å². The fourth-order valence-electron chi connectivity index (χ4n) is 4.34. The molecular weight excluding hydrogens is 374 g/mol. The second kappa shape index (κ2) is 7.79. The van der Waals surface area contributed by atoms with E-state index in [9.17, 15) is 14.8 Å². The summed E-state index contributed by atoms with van der Waals surface area (Å²) in [5, 5.41) is 19.6. The molecule has 1 aliphatic rings. The van der Waals surface area contributed by atoms with Crippen molar-refractivity contribution in [1.82, 2.24) is 4.90 Å². The summed E-state index contributed by atoms with van der Waals surface area (Å²) >= 11 is 0. The number of phenolic OH excluding ortho intramolecular Hbond substituents is 1. The van der Waals surface area contributed by atoms with Gasteiger partial charge in [-0.2, -0.15) is 5.26 Å². The third-order valence-corrected chi connectivity index (χ3v) is 6.34. The summed E-state index contributed by atoms with van der Waals surface area (Å²) in [5.74, 6) is 0.537. The number of halogens is 2. The first-order valence-electron chi connectivity index (χ1n) is 9.89. The highest BCUT2D eigenvalue weighted by molar-refractivity contribution is 5.66. The lowest BCUT2D eigenvalue weighted by Crippen LogP contribution is -2.54. The fraction of sp³-hybridized carbons (Fsp3) is 0.522. The van der Waals surface area contributed by atoms with Gasteiger partial charge in [0.25, 0.3) is 0 Å². The Morgan fingerprint density at radius 3 is 2.62 bits per heavy atom. The number of aromatic hydroxyl groups is 1. The Hall–Kier alpha value is -2.39. The average Bonchev–Trinajstić information content (AvgIpc) is 3.05. The molecule has 1 fully saturated rings. The molecule has 0 amide bonds. The average molecular weight is 402 g/mol. The molecule has 1 aromatic carbocycles. The Bertz CT molecular complexity index is 926. The van der Waals surface area contributed by atoms with Crippen LogP contribution in [0.3, 0.4) is 0 Å². The van der Waals surface area contributed by atoms with Crippen LogP contribution in [0, 0.1) is 34.9 Å². The highest BCUT2D eigenvalue weighted by atomic mass is 19.1. The zero-order valence-corrected chi connectivity index (χ0v) is 17.4. The predicted octanol–water partition coefficient (Wildman–Crippen LogP) is 5.59. The molecule has 0 saturated carbocycles. The first-order chi connectivity index (χ1) is 13.6. The molecule has 2 heterocycles. The van der Waals surface area contributed by atoms with Gasteiger partial charge in [-0.1, -0.05) is 20.8 Å². The Kier molecular flexibility index (Phi) is 5.73. The molecule has 1 aromatic heterocycles. The van der Waals surface area contributed by atoms with Gasteiger partial charge in [0.2, 0.25) is 0 Å². The summed E-state index contributed by atoms with van der Waals surface area (Å²) in [4.78, 5) is 1.85. The molecule has 2 unspecified atom stereocenters. The molecule has 1 aliphatic heterocycles. The van der Waals surface area contributed by atoms with Crippen molar-refractivity contribution in [1.29, 1.82) is 5.26 Å². The third-order valence-electron chi connectivity index (χ3n) is 6.34. The van der Waals surface area contributed by atoms with Crippen molar-refractivity contribution >= 4 is 0 Å². The largest absolute Gasteiger partial charge is 0.507 e. The van der Waals surface area contributed by atoms with Crippen LogP contribution in [0.5, 0.6) is 5.75 Å². The summed E-state index contributed by atoms with van der Waals surface area (Å²) < 4.78 is 35.5. The van der Waals surface area contributed by atoms with Crippen LogP contribution in [0.15, 0.2) is 28.7 Å². The SMILES string of the molecule is Cc1ccc(-c2cc(F)c(CN3CCC(CC#N)(C(C)(C)C)C(F)C3)cc2O)o1. The maximum absolute atomic E-state index is 15.3. The van der Waals surface area contributed by atoms with Gasteiger partial charge in [-0.3, -0.25) is 4.90 Å². The van der Waals surface area contributed by atoms with Gasteiger partial charge in [-0.05, 0) is 49.6 Å². The zero-order valence-electron chi connectivity index (χ0n) is 17.4. The van der Waals surface area contributed by atoms with E-state index in [1.807, 2.05) is 25.7 Å². The van der Waals surface area contributed by atoms with E-state index < -0.39 is 17.4 Å². The number of hydrogen-bond acceptors (Lipinski definition) is 4. The van der Waals surface area contributed by atoms with E-state index in [1.165, 1.54) is 12.1 Å². The van der Waals surface area contributed by atoms with Crippen LogP contribution in [0.25, 0.3) is 11.3 Å². The van der Waals surface area contributed by atoms with Crippen molar-refractivity contribution < 1.29 is 18.3 Å². The first kappa shape index (κ1) is 21.3. The summed E-state index contributed by atoms with van der Waals surface area (Å²) in [6, 6.07) is 8.24. The minimum atomic E-state index is -1.18. The van der Waals surface area contributed by atoms with Gasteiger partial charge in [-0.15, -0.1) is 0 Å². The van der Waals surface area contributed by atoms with Crippen LogP contribution in [-0.2, 0) is 6.54 Å². The van der Waals surface area contributed by atoms with Crippen molar-refractivity contribution in [2.45, 2.75) is 53.3 Å². The molecule has 1 N–H and O–H groups in total. The van der Waals surface area contributed by atoms with Gasteiger partial charge in [0, 0.05) is 30.5 Å². The normalized spacial score (nSPS) is 23.1. The number of furan rings is 1. The lowest BCUT2D eigenvalue weighted by molar-refractivity contribution is -0.0662. The van der Waals surface area contributed by atoms with Crippen LogP contribution in [-0.4, -0.2) is 29.3 Å². The molecule has 156 valence electrons. The number of nitriles is 1. The van der Waals surface area contributed by atoms with Gasteiger partial charge in [0.15, 0.2) is 0 Å². The molecule has 0 aliphatic carbocycles. The minimum Gasteiger partial charge on any atom is -0.507 e. The van der Waals surface area contributed by atoms with E-state index in [0.717, 1.165) is 0 Å². The number of phenols is 1. The Morgan fingerprint density at radius 1 is 1.34 bits per heavy atom. The molecule has 2 atom stereocenters. The van der Waals surface area contributed by atoms with Crippen LogP contribution < -0.4 is 0 Å². The second-order valence-electron chi connectivity index (χ2n) is 9.06. The van der Waals surface area contributed by atoms with E-state index >= 15 is 4.39 Å². The number of likely N-dealkylation sites (tertiary alicyclic amines) is 1. The molecule has 2 aromatic rings. The van der Waals surface area contributed by atoms with Crippen molar-refractivity contribution in [3.63, 3.8) is 0 Å². The molecule has 0 bridgehead atoms. The van der Waals surface area contributed by atoms with Crippen LogP contribution in [0.4, 0.5) is 8.78 Å². The number of alkyl halides is 1. The molecule has 0 spiro atoms. The first-order valence-corrected chi connectivity index (χ1v) is 9.89. The van der Waals surface area contributed by atoms with Crippen molar-refractivity contribution in [2.75, 3.05) is 13.1 Å². The quantitative estimate of drug-likeness (QED) is 0.724. The van der Waals surface area contributed by atoms with Crippen molar-refractivity contribution in [3.8, 4) is 23.1 Å². The lowest BCUT2D eigenvalue weighted by atomic mass is 9.59. The number of nitrogens with zero attached hydrogens (tertiary/aromatic N) is 2. The molecule has 29 heavy (non-hydrogen) atoms. The van der Waals surface area contributed by atoms with Gasteiger partial charge in [0.1, 0.15) is 29.3 Å². The monoisotopic (exact) mass is 402 g/mol. The van der Waals surface area contributed by atoms with Gasteiger partial charge in [-0.25, -0.2) is 8.78 Å². The minimum absolute atomic E-state index is 0.0712. The number of rotatable bonds is 4. The maximum Gasteiger partial charge on any atom is 0.138 e. The van der Waals surface area contributed by atoms with Crippen LogP contribution in [0.1, 0.15) is 44.9 Å². The highest BCUT2D eigenvalue weighted by Gasteiger charge is 2.51. The summed E-state index contributed by atoms with van der Waals surface area (Å²) in [7, 11) is 0. The Labute approximate surface area is 170 Å². The molecule has 3 rings (SSSR count). The smallest absolute Gasteiger partial charge is 0.138 e. The van der Waals surface area contributed by atoms with Gasteiger partial charge in [0.05, 0.1) is 11.6 Å². The lowest BCUT2D eigenvalue weighted by Gasteiger charge is -2.51. The van der Waals surface area contributed by atoms with Crippen LogP contribution in [0.2, 0.25) is 0 Å². The van der Waals surface area contributed by atoms with E-state index in [0.29, 0.717) is 35.6 Å². The second-order valence-corrected chi connectivity index (χ2v) is 9.06. The number of hydrogen-bond donors (Lipinski definition) is 1. The van der Waals surface area contributed by atoms with E-state index in [2.05, 4.69) is 6.07 Å². The fourth-order valence-corrected chi connectivity index (χ4v) is 4.34. The molecular formula is C23H28F2N2O2. The number of piperidine rings is 1. The summed E-state index contributed by atoms with van der Waals surface area (Å²) in [6.07, 6.45) is -0.488. The third kappa shape index (κ3) is 4.02. The van der Waals surface area contributed by atoms with Crippen molar-refractivity contribution in [2.24, 2.45) is 10.8 Å². The van der Waals surface area contributed by atoms with E-state index in [-0.39, 0.29) is 30.7 Å². The molecule has 6 heteroatoms. The van der Waals surface area contributed by atoms with E-state index in [4.69, 9.17) is 4.42 Å². The molecule has 0 radical (unpaired) electrons. The highest BCUT2D eigenvalue weighted by Crippen LogP contribution is 2.50. The van der Waals surface area contributed by atoms with Gasteiger partial charge >= 0.3 is 0 Å². The summed E-state index contributed by atoms with van der Waals surface area (Å²) in [6.45, 7) is 8.60. The molecule has 4 nitrogen and oxygen atoms in total.